The van der Waals surface area contributed by atoms with E-state index >= 15 is 0 Å². The van der Waals surface area contributed by atoms with E-state index in [9.17, 15) is 4.39 Å². The predicted molar refractivity (Wildman–Crippen MR) is 72.0 cm³/mol. The molecule has 1 saturated heterocycles. The first-order valence-corrected chi connectivity index (χ1v) is 6.95. The molecule has 3 rings (SSSR count). The molecule has 0 aromatic heterocycles. The predicted octanol–water partition coefficient (Wildman–Crippen LogP) is 3.08. The smallest absolute Gasteiger partial charge is 0.146 e. The first-order chi connectivity index (χ1) is 8.66. The van der Waals surface area contributed by atoms with Crippen LogP contribution in [0.4, 0.5) is 10.1 Å². The summed E-state index contributed by atoms with van der Waals surface area (Å²) in [6.07, 6.45) is 3.97. The second-order valence-electron chi connectivity index (χ2n) is 5.82. The molecule has 1 aromatic carbocycles. The van der Waals surface area contributed by atoms with Crippen LogP contribution in [0.5, 0.6) is 0 Å². The lowest BCUT2D eigenvalue weighted by Crippen LogP contribution is -2.24. The Morgan fingerprint density at radius 1 is 1.28 bits per heavy atom. The lowest BCUT2D eigenvalue weighted by atomic mass is 10.0. The minimum absolute atomic E-state index is 0.115. The third-order valence-corrected chi connectivity index (χ3v) is 4.55. The maximum Gasteiger partial charge on any atom is 0.146 e. The Balaban J connectivity index is 1.92. The number of nitrogens with zero attached hydrogens (tertiary/aromatic N) is 1. The summed E-state index contributed by atoms with van der Waals surface area (Å²) >= 11 is 0. The highest BCUT2D eigenvalue weighted by atomic mass is 19.1. The molecule has 0 radical (unpaired) electrons. The molecule has 0 bridgehead atoms. The highest BCUT2D eigenvalue weighted by Gasteiger charge is 2.37. The molecule has 3 heteroatoms. The summed E-state index contributed by atoms with van der Waals surface area (Å²) in [5, 5.41) is 0. The highest BCUT2D eigenvalue weighted by molar-refractivity contribution is 5.57. The molecule has 2 nitrogen and oxygen atoms in total. The van der Waals surface area contributed by atoms with Gasteiger partial charge < -0.3 is 10.6 Å². The molecule has 2 aliphatic rings. The zero-order chi connectivity index (χ0) is 12.7. The van der Waals surface area contributed by atoms with Crippen LogP contribution in [0.25, 0.3) is 0 Å². The zero-order valence-corrected chi connectivity index (χ0v) is 10.9. The van der Waals surface area contributed by atoms with Crippen molar-refractivity contribution in [1.82, 2.24) is 0 Å². The fourth-order valence-corrected chi connectivity index (χ4v) is 3.65. The van der Waals surface area contributed by atoms with Crippen molar-refractivity contribution in [3.63, 3.8) is 0 Å². The molecule has 2 N–H and O–H groups in total. The Bertz CT molecular complexity index is 432. The third kappa shape index (κ3) is 1.91. The van der Waals surface area contributed by atoms with Crippen LogP contribution in [-0.4, -0.2) is 13.1 Å². The number of halogens is 1. The van der Waals surface area contributed by atoms with E-state index in [1.165, 1.54) is 19.3 Å². The van der Waals surface area contributed by atoms with E-state index in [2.05, 4.69) is 4.90 Å². The first-order valence-electron chi connectivity index (χ1n) is 6.95. The van der Waals surface area contributed by atoms with E-state index in [0.29, 0.717) is 0 Å². The van der Waals surface area contributed by atoms with Gasteiger partial charge in [-0.3, -0.25) is 0 Å². The van der Waals surface area contributed by atoms with Crippen LogP contribution in [0.3, 0.4) is 0 Å². The van der Waals surface area contributed by atoms with E-state index in [0.717, 1.165) is 36.2 Å². The van der Waals surface area contributed by atoms with Crippen molar-refractivity contribution in [3.05, 3.63) is 29.6 Å². The van der Waals surface area contributed by atoms with Gasteiger partial charge in [-0.25, -0.2) is 4.39 Å². The molecule has 1 heterocycles. The minimum atomic E-state index is -0.121. The molecular formula is C15H21FN2. The van der Waals surface area contributed by atoms with Gasteiger partial charge in [0.1, 0.15) is 5.82 Å². The molecule has 1 saturated carbocycles. The Hall–Kier alpha value is -1.09. The molecule has 0 amide bonds. The number of fused-ring (bicyclic) bond motifs is 1. The van der Waals surface area contributed by atoms with Crippen molar-refractivity contribution in [3.8, 4) is 0 Å². The van der Waals surface area contributed by atoms with Gasteiger partial charge in [0, 0.05) is 19.1 Å². The van der Waals surface area contributed by atoms with Gasteiger partial charge in [0.15, 0.2) is 0 Å². The fourth-order valence-electron chi connectivity index (χ4n) is 3.65. The molecule has 2 unspecified atom stereocenters. The summed E-state index contributed by atoms with van der Waals surface area (Å²) in [6, 6.07) is 5.15. The molecule has 1 aliphatic carbocycles. The average Bonchev–Trinajstić information content (AvgIpc) is 2.88. The van der Waals surface area contributed by atoms with E-state index in [1.807, 2.05) is 13.0 Å². The van der Waals surface area contributed by atoms with Gasteiger partial charge in [-0.15, -0.1) is 0 Å². The van der Waals surface area contributed by atoms with Gasteiger partial charge in [-0.2, -0.15) is 0 Å². The van der Waals surface area contributed by atoms with Crippen LogP contribution in [0.1, 0.15) is 37.8 Å². The van der Waals surface area contributed by atoms with Crippen molar-refractivity contribution >= 4 is 5.69 Å². The maximum atomic E-state index is 14.1. The number of hydrogen-bond acceptors (Lipinski definition) is 2. The van der Waals surface area contributed by atoms with Crippen LogP contribution >= 0.6 is 0 Å². The Kier molecular flexibility index (Phi) is 3.02. The summed E-state index contributed by atoms with van der Waals surface area (Å²) < 4.78 is 14.1. The van der Waals surface area contributed by atoms with Gasteiger partial charge in [-0.05, 0) is 43.2 Å². The Labute approximate surface area is 108 Å². The zero-order valence-electron chi connectivity index (χ0n) is 10.9. The summed E-state index contributed by atoms with van der Waals surface area (Å²) in [7, 11) is 0. The van der Waals surface area contributed by atoms with Crippen LogP contribution in [0.15, 0.2) is 18.2 Å². The van der Waals surface area contributed by atoms with Crippen molar-refractivity contribution in [1.29, 1.82) is 0 Å². The van der Waals surface area contributed by atoms with Gasteiger partial charge >= 0.3 is 0 Å². The molecule has 18 heavy (non-hydrogen) atoms. The first kappa shape index (κ1) is 12.0. The molecular weight excluding hydrogens is 227 g/mol. The van der Waals surface area contributed by atoms with E-state index in [4.69, 9.17) is 5.73 Å². The molecule has 3 atom stereocenters. The SMILES string of the molecule is C[C@@H](N)c1cccc(F)c1N1CC2CCCC2C1. The number of para-hydroxylation sites is 1. The van der Waals surface area contributed by atoms with Crippen molar-refractivity contribution < 1.29 is 4.39 Å². The standard InChI is InChI=1S/C15H21FN2/c1-10(17)13-6-3-7-14(16)15(13)18-8-11-4-2-5-12(11)9-18/h3,6-7,10-12H,2,4-5,8-9,17H2,1H3/t10-,11?,12?/m1/s1. The molecule has 1 aliphatic heterocycles. The quantitative estimate of drug-likeness (QED) is 0.871. The number of rotatable bonds is 2. The summed E-state index contributed by atoms with van der Waals surface area (Å²) in [6.45, 7) is 3.94. The van der Waals surface area contributed by atoms with E-state index in [-0.39, 0.29) is 11.9 Å². The van der Waals surface area contributed by atoms with E-state index in [1.54, 1.807) is 12.1 Å². The molecule has 1 aromatic rings. The van der Waals surface area contributed by atoms with Gasteiger partial charge in [0.2, 0.25) is 0 Å². The number of benzene rings is 1. The maximum absolute atomic E-state index is 14.1. The minimum Gasteiger partial charge on any atom is -0.368 e. The number of hydrogen-bond donors (Lipinski definition) is 1. The molecule has 0 spiro atoms. The summed E-state index contributed by atoms with van der Waals surface area (Å²) in [4.78, 5) is 2.22. The monoisotopic (exact) mass is 248 g/mol. The van der Waals surface area contributed by atoms with Gasteiger partial charge in [-0.1, -0.05) is 18.6 Å². The van der Waals surface area contributed by atoms with Crippen molar-refractivity contribution in [2.45, 2.75) is 32.2 Å². The van der Waals surface area contributed by atoms with Gasteiger partial charge in [0.05, 0.1) is 5.69 Å². The second kappa shape index (κ2) is 4.54. The number of nitrogens with two attached hydrogens (primary N) is 1. The van der Waals surface area contributed by atoms with Crippen molar-refractivity contribution in [2.75, 3.05) is 18.0 Å². The summed E-state index contributed by atoms with van der Waals surface area (Å²) in [5.74, 6) is 1.42. The molecule has 2 fully saturated rings. The average molecular weight is 248 g/mol. The fraction of sp³-hybridized carbons (Fsp3) is 0.600. The van der Waals surface area contributed by atoms with E-state index < -0.39 is 0 Å². The Morgan fingerprint density at radius 3 is 2.56 bits per heavy atom. The van der Waals surface area contributed by atoms with Crippen LogP contribution in [0, 0.1) is 17.7 Å². The lowest BCUT2D eigenvalue weighted by molar-refractivity contribution is 0.494. The van der Waals surface area contributed by atoms with Crippen LogP contribution in [-0.2, 0) is 0 Å². The lowest BCUT2D eigenvalue weighted by Gasteiger charge is -2.25. The summed E-state index contributed by atoms with van der Waals surface area (Å²) in [5.41, 5.74) is 7.67. The normalized spacial score (nSPS) is 28.5. The Morgan fingerprint density at radius 2 is 1.94 bits per heavy atom. The largest absolute Gasteiger partial charge is 0.368 e. The number of anilines is 1. The topological polar surface area (TPSA) is 29.3 Å². The third-order valence-electron chi connectivity index (χ3n) is 4.55. The van der Waals surface area contributed by atoms with Gasteiger partial charge in [0.25, 0.3) is 0 Å². The van der Waals surface area contributed by atoms with Crippen LogP contribution < -0.4 is 10.6 Å². The van der Waals surface area contributed by atoms with Crippen molar-refractivity contribution in [2.24, 2.45) is 17.6 Å². The highest BCUT2D eigenvalue weighted by Crippen LogP contribution is 2.41. The molecule has 98 valence electrons. The second-order valence-corrected chi connectivity index (χ2v) is 5.82. The van der Waals surface area contributed by atoms with Crippen LogP contribution in [0.2, 0.25) is 0 Å².